The summed E-state index contributed by atoms with van der Waals surface area (Å²) in [5, 5.41) is 11.9. The predicted molar refractivity (Wildman–Crippen MR) is 112 cm³/mol. The molecular formula is C20H17F3N4OS2. The fraction of sp³-hybridized carbons (Fsp3) is 0.250. The predicted octanol–water partition coefficient (Wildman–Crippen LogP) is 5.54. The Morgan fingerprint density at radius 3 is 2.67 bits per heavy atom. The van der Waals surface area contributed by atoms with Crippen LogP contribution in [0.3, 0.4) is 0 Å². The Morgan fingerprint density at radius 2 is 2.00 bits per heavy atom. The van der Waals surface area contributed by atoms with Crippen LogP contribution >= 0.6 is 11.3 Å². The average Bonchev–Trinajstić information content (AvgIpc) is 3.17. The highest BCUT2D eigenvalue weighted by molar-refractivity contribution is 7.87. The molecule has 0 amide bonds. The van der Waals surface area contributed by atoms with E-state index < -0.39 is 16.5 Å². The van der Waals surface area contributed by atoms with E-state index in [9.17, 15) is 22.6 Å². The first-order valence-corrected chi connectivity index (χ1v) is 10.9. The second-order valence-electron chi connectivity index (χ2n) is 6.86. The average molecular weight is 451 g/mol. The van der Waals surface area contributed by atoms with Crippen molar-refractivity contribution >= 4 is 28.0 Å². The Kier molecular flexibility index (Phi) is 6.53. The molecule has 0 aliphatic carbocycles. The van der Waals surface area contributed by atoms with Gasteiger partial charge in [0.1, 0.15) is 11.1 Å². The Hall–Kier alpha value is -2.77. The maximum Gasteiger partial charge on any atom is 0.490 e. The van der Waals surface area contributed by atoms with E-state index >= 15 is 0 Å². The summed E-state index contributed by atoms with van der Waals surface area (Å²) in [5.41, 5.74) is -2.06. The lowest BCUT2D eigenvalue weighted by Crippen LogP contribution is -2.23. The monoisotopic (exact) mass is 450 g/mol. The molecule has 0 spiro atoms. The number of nitriles is 1. The molecular weight excluding hydrogens is 433 g/mol. The van der Waals surface area contributed by atoms with Gasteiger partial charge in [0, 0.05) is 28.4 Å². The van der Waals surface area contributed by atoms with E-state index in [1.807, 2.05) is 28.3 Å². The highest BCUT2D eigenvalue weighted by Gasteiger charge is 2.37. The van der Waals surface area contributed by atoms with E-state index in [4.69, 9.17) is 0 Å². The zero-order valence-corrected chi connectivity index (χ0v) is 17.7. The number of thiazole rings is 1. The molecule has 2 aromatic heterocycles. The molecule has 3 aromatic rings. The van der Waals surface area contributed by atoms with Crippen molar-refractivity contribution in [3.63, 3.8) is 0 Å². The van der Waals surface area contributed by atoms with Crippen LogP contribution in [0, 0.1) is 17.2 Å². The standard InChI is InChI=1S/C20H17F3N4OS2/c1-12(2)7-16-9-14(5-6-25-16)19-26-18(11-29-19)13-3-4-17(15(8-13)10-24)27-30(28)20(21,22)23/h3-6,8-9,11-12,27H,7H2,1-2H3. The van der Waals surface area contributed by atoms with Crippen LogP contribution in [0.2, 0.25) is 0 Å². The van der Waals surface area contributed by atoms with Gasteiger partial charge in [0.15, 0.2) is 0 Å². The van der Waals surface area contributed by atoms with Crippen LogP contribution in [0.15, 0.2) is 41.9 Å². The third-order valence-corrected chi connectivity index (χ3v) is 5.75. The lowest BCUT2D eigenvalue weighted by atomic mass is 10.1. The van der Waals surface area contributed by atoms with Crippen molar-refractivity contribution in [3.05, 3.63) is 53.2 Å². The van der Waals surface area contributed by atoms with Gasteiger partial charge in [-0.05, 0) is 36.6 Å². The summed E-state index contributed by atoms with van der Waals surface area (Å²) >= 11 is 1.42. The summed E-state index contributed by atoms with van der Waals surface area (Å²) in [6, 6.07) is 9.94. The number of pyridine rings is 1. The fourth-order valence-corrected chi connectivity index (χ4v) is 4.04. The second kappa shape index (κ2) is 8.93. The maximum atomic E-state index is 12.5. The molecule has 10 heteroatoms. The molecule has 1 atom stereocenters. The first-order chi connectivity index (χ1) is 14.2. The number of hydrogen-bond acceptors (Lipinski definition) is 5. The Morgan fingerprint density at radius 1 is 1.23 bits per heavy atom. The van der Waals surface area contributed by atoms with Gasteiger partial charge in [0.25, 0.3) is 0 Å². The molecule has 1 N–H and O–H groups in total. The number of anilines is 1. The molecule has 5 nitrogen and oxygen atoms in total. The van der Waals surface area contributed by atoms with Crippen LogP contribution in [0.1, 0.15) is 25.1 Å². The van der Waals surface area contributed by atoms with Crippen LogP contribution in [-0.2, 0) is 17.4 Å². The maximum absolute atomic E-state index is 12.5. The van der Waals surface area contributed by atoms with Crippen LogP contribution in [0.4, 0.5) is 18.9 Å². The van der Waals surface area contributed by atoms with Crippen LogP contribution in [-0.4, -0.2) is 19.7 Å². The van der Waals surface area contributed by atoms with Gasteiger partial charge in [-0.15, -0.1) is 11.3 Å². The molecule has 0 saturated carbocycles. The van der Waals surface area contributed by atoms with Gasteiger partial charge in [-0.2, -0.15) is 18.4 Å². The van der Waals surface area contributed by atoms with Crippen molar-refractivity contribution in [2.45, 2.75) is 25.8 Å². The molecule has 1 unspecified atom stereocenters. The number of halogens is 3. The smallest absolute Gasteiger partial charge is 0.296 e. The van der Waals surface area contributed by atoms with E-state index in [2.05, 4.69) is 23.8 Å². The fourth-order valence-electron chi connectivity index (χ4n) is 2.72. The summed E-state index contributed by atoms with van der Waals surface area (Å²) in [4.78, 5) is 8.97. The Balaban J connectivity index is 1.87. The van der Waals surface area contributed by atoms with Crippen molar-refractivity contribution in [3.8, 4) is 27.9 Å². The van der Waals surface area contributed by atoms with Gasteiger partial charge in [-0.1, -0.05) is 19.9 Å². The van der Waals surface area contributed by atoms with Gasteiger partial charge in [0.2, 0.25) is 11.0 Å². The van der Waals surface area contributed by atoms with Gasteiger partial charge in [-0.3, -0.25) is 9.71 Å². The number of benzene rings is 1. The highest BCUT2D eigenvalue weighted by Crippen LogP contribution is 2.32. The molecule has 30 heavy (non-hydrogen) atoms. The molecule has 0 aliphatic rings. The second-order valence-corrected chi connectivity index (χ2v) is 8.92. The van der Waals surface area contributed by atoms with Crippen LogP contribution < -0.4 is 4.72 Å². The topological polar surface area (TPSA) is 78.7 Å². The number of alkyl halides is 3. The quantitative estimate of drug-likeness (QED) is 0.535. The third-order valence-electron chi connectivity index (χ3n) is 4.03. The highest BCUT2D eigenvalue weighted by atomic mass is 32.2. The summed E-state index contributed by atoms with van der Waals surface area (Å²) in [6.07, 6.45) is 2.59. The van der Waals surface area contributed by atoms with E-state index in [1.54, 1.807) is 6.20 Å². The molecule has 0 aliphatic heterocycles. The van der Waals surface area contributed by atoms with Crippen molar-refractivity contribution < 1.29 is 17.4 Å². The number of nitrogens with one attached hydrogen (secondary N) is 1. The minimum Gasteiger partial charge on any atom is -0.296 e. The van der Waals surface area contributed by atoms with E-state index in [1.165, 1.54) is 29.5 Å². The Bertz CT molecular complexity index is 1120. The zero-order chi connectivity index (χ0) is 21.9. The van der Waals surface area contributed by atoms with Crippen molar-refractivity contribution in [1.82, 2.24) is 9.97 Å². The summed E-state index contributed by atoms with van der Waals surface area (Å²) in [6.45, 7) is 4.23. The minimum atomic E-state index is -4.92. The first kappa shape index (κ1) is 21.9. The molecule has 0 bridgehead atoms. The summed E-state index contributed by atoms with van der Waals surface area (Å²) in [7, 11) is -3.30. The van der Waals surface area contributed by atoms with E-state index in [0.29, 0.717) is 17.2 Å². The van der Waals surface area contributed by atoms with E-state index in [-0.39, 0.29) is 11.3 Å². The number of aromatic nitrogens is 2. The zero-order valence-electron chi connectivity index (χ0n) is 16.0. The SMILES string of the molecule is CC(C)Cc1cc(-c2nc(-c3ccc(NS(=O)C(F)(F)F)c(C#N)c3)cs2)ccn1. The number of hydrogen-bond donors (Lipinski definition) is 1. The van der Waals surface area contributed by atoms with Gasteiger partial charge in [-0.25, -0.2) is 9.19 Å². The van der Waals surface area contributed by atoms with Gasteiger partial charge < -0.3 is 0 Å². The number of nitrogens with zero attached hydrogens (tertiary/aromatic N) is 3. The molecule has 3 rings (SSSR count). The molecule has 0 saturated heterocycles. The normalized spacial score (nSPS) is 12.6. The largest absolute Gasteiger partial charge is 0.490 e. The van der Waals surface area contributed by atoms with Gasteiger partial charge in [0.05, 0.1) is 16.9 Å². The van der Waals surface area contributed by atoms with Crippen molar-refractivity contribution in [1.29, 1.82) is 5.26 Å². The van der Waals surface area contributed by atoms with Crippen molar-refractivity contribution in [2.24, 2.45) is 5.92 Å². The lowest BCUT2D eigenvalue weighted by molar-refractivity contribution is -0.0379. The molecule has 1 aromatic carbocycles. The summed E-state index contributed by atoms with van der Waals surface area (Å²) in [5.74, 6) is 0.475. The summed E-state index contributed by atoms with van der Waals surface area (Å²) < 4.78 is 50.6. The van der Waals surface area contributed by atoms with Gasteiger partial charge >= 0.3 is 5.51 Å². The first-order valence-electron chi connectivity index (χ1n) is 8.88. The third kappa shape index (κ3) is 5.23. The van der Waals surface area contributed by atoms with E-state index in [0.717, 1.165) is 22.7 Å². The lowest BCUT2D eigenvalue weighted by Gasteiger charge is -2.10. The molecule has 0 fully saturated rings. The number of rotatable bonds is 6. The van der Waals surface area contributed by atoms with Crippen LogP contribution in [0.25, 0.3) is 21.8 Å². The Labute approximate surface area is 178 Å². The van der Waals surface area contributed by atoms with Crippen LogP contribution in [0.5, 0.6) is 0 Å². The molecule has 0 radical (unpaired) electrons. The molecule has 2 heterocycles. The minimum absolute atomic E-state index is 0.0530. The molecule has 156 valence electrons. The van der Waals surface area contributed by atoms with Crippen molar-refractivity contribution in [2.75, 3.05) is 4.72 Å².